The minimum absolute atomic E-state index is 0.0440. The summed E-state index contributed by atoms with van der Waals surface area (Å²) < 4.78 is 27.7. The molecule has 1 aliphatic rings. The summed E-state index contributed by atoms with van der Waals surface area (Å²) in [5.41, 5.74) is 5.40. The van der Waals surface area contributed by atoms with Gasteiger partial charge in [-0.25, -0.2) is 0 Å². The standard InChI is InChI=1S/C11H25N3O3S/c1-13(8-4-7-12)18(16,17)14-9-2-5-11(14)6-3-10-15/h11,15H,2-10,12H2,1H3. The number of nitrogens with two attached hydrogens (primary N) is 1. The van der Waals surface area contributed by atoms with E-state index in [4.69, 9.17) is 10.8 Å². The Morgan fingerprint density at radius 2 is 2.17 bits per heavy atom. The Bertz CT molecular complexity index is 334. The van der Waals surface area contributed by atoms with Crippen molar-refractivity contribution in [3.05, 3.63) is 0 Å². The summed E-state index contributed by atoms with van der Waals surface area (Å²) >= 11 is 0. The molecule has 1 rings (SSSR count). The van der Waals surface area contributed by atoms with Gasteiger partial charge in [-0.05, 0) is 38.6 Å². The van der Waals surface area contributed by atoms with Crippen LogP contribution >= 0.6 is 0 Å². The van der Waals surface area contributed by atoms with Crippen molar-refractivity contribution in [3.8, 4) is 0 Å². The molecule has 3 N–H and O–H groups in total. The van der Waals surface area contributed by atoms with Crippen molar-refractivity contribution in [1.82, 2.24) is 8.61 Å². The summed E-state index contributed by atoms with van der Waals surface area (Å²) in [5, 5.41) is 8.85. The summed E-state index contributed by atoms with van der Waals surface area (Å²) in [6.45, 7) is 1.66. The highest BCUT2D eigenvalue weighted by atomic mass is 32.2. The molecule has 1 unspecified atom stereocenters. The second kappa shape index (κ2) is 7.40. The smallest absolute Gasteiger partial charge is 0.281 e. The normalized spacial score (nSPS) is 21.9. The zero-order valence-electron chi connectivity index (χ0n) is 11.1. The van der Waals surface area contributed by atoms with Gasteiger partial charge in [0.25, 0.3) is 10.2 Å². The molecule has 1 aliphatic heterocycles. The van der Waals surface area contributed by atoms with Crippen molar-refractivity contribution >= 4 is 10.2 Å². The van der Waals surface area contributed by atoms with Gasteiger partial charge < -0.3 is 10.8 Å². The van der Waals surface area contributed by atoms with Crippen molar-refractivity contribution in [2.45, 2.75) is 38.1 Å². The van der Waals surface area contributed by atoms with Crippen LogP contribution in [0.4, 0.5) is 0 Å². The largest absolute Gasteiger partial charge is 0.396 e. The molecule has 0 aliphatic carbocycles. The van der Waals surface area contributed by atoms with Crippen LogP contribution in [0.25, 0.3) is 0 Å². The molecule has 0 spiro atoms. The quantitative estimate of drug-likeness (QED) is 0.641. The van der Waals surface area contributed by atoms with Gasteiger partial charge in [0.2, 0.25) is 0 Å². The molecule has 1 saturated heterocycles. The van der Waals surface area contributed by atoms with Crippen molar-refractivity contribution in [2.75, 3.05) is 33.3 Å². The number of aliphatic hydroxyl groups excluding tert-OH is 1. The van der Waals surface area contributed by atoms with Crippen LogP contribution in [0.3, 0.4) is 0 Å². The fourth-order valence-corrected chi connectivity index (χ4v) is 4.00. The van der Waals surface area contributed by atoms with Crippen molar-refractivity contribution < 1.29 is 13.5 Å². The zero-order valence-corrected chi connectivity index (χ0v) is 11.9. The van der Waals surface area contributed by atoms with Gasteiger partial charge in [-0.2, -0.15) is 17.0 Å². The first-order chi connectivity index (χ1) is 8.54. The molecule has 108 valence electrons. The van der Waals surface area contributed by atoms with Gasteiger partial charge in [0, 0.05) is 32.8 Å². The molecule has 1 heterocycles. The SMILES string of the molecule is CN(CCCN)S(=O)(=O)N1CCCC1CCCO. The molecule has 0 bridgehead atoms. The van der Waals surface area contributed by atoms with Crippen LogP contribution in [-0.2, 0) is 10.2 Å². The highest BCUT2D eigenvalue weighted by molar-refractivity contribution is 7.86. The number of rotatable bonds is 8. The van der Waals surface area contributed by atoms with E-state index >= 15 is 0 Å². The highest BCUT2D eigenvalue weighted by Gasteiger charge is 2.35. The molecule has 1 atom stereocenters. The molecule has 0 saturated carbocycles. The van der Waals surface area contributed by atoms with E-state index in [-0.39, 0.29) is 12.6 Å². The minimum atomic E-state index is -3.36. The Balaban J connectivity index is 2.64. The van der Waals surface area contributed by atoms with Gasteiger partial charge in [-0.3, -0.25) is 0 Å². The molecule has 1 fully saturated rings. The lowest BCUT2D eigenvalue weighted by atomic mass is 10.1. The molecule has 6 nitrogen and oxygen atoms in total. The molecule has 0 aromatic heterocycles. The Morgan fingerprint density at radius 1 is 1.44 bits per heavy atom. The van der Waals surface area contributed by atoms with Crippen LogP contribution < -0.4 is 5.73 Å². The lowest BCUT2D eigenvalue weighted by molar-refractivity contribution is 0.259. The Kier molecular flexibility index (Phi) is 6.51. The molecular weight excluding hydrogens is 254 g/mol. The average Bonchev–Trinajstić information content (AvgIpc) is 2.82. The topological polar surface area (TPSA) is 86.9 Å². The lowest BCUT2D eigenvalue weighted by Gasteiger charge is -2.28. The van der Waals surface area contributed by atoms with Gasteiger partial charge in [0.05, 0.1) is 0 Å². The molecule has 0 radical (unpaired) electrons. The third-order valence-corrected chi connectivity index (χ3v) is 5.43. The van der Waals surface area contributed by atoms with Crippen LogP contribution in [0.1, 0.15) is 32.1 Å². The maximum atomic E-state index is 12.4. The van der Waals surface area contributed by atoms with Gasteiger partial charge in [-0.1, -0.05) is 0 Å². The first kappa shape index (κ1) is 15.8. The lowest BCUT2D eigenvalue weighted by Crippen LogP contribution is -2.45. The van der Waals surface area contributed by atoms with E-state index in [1.54, 1.807) is 11.4 Å². The van der Waals surface area contributed by atoms with E-state index in [2.05, 4.69) is 0 Å². The number of hydrogen-bond acceptors (Lipinski definition) is 4. The van der Waals surface area contributed by atoms with Crippen LogP contribution in [0.2, 0.25) is 0 Å². The molecule has 0 aromatic carbocycles. The summed E-state index contributed by atoms with van der Waals surface area (Å²) in [7, 11) is -1.76. The third-order valence-electron chi connectivity index (χ3n) is 3.39. The molecular formula is C11H25N3O3S. The van der Waals surface area contributed by atoms with Gasteiger partial charge >= 0.3 is 0 Å². The van der Waals surface area contributed by atoms with E-state index in [9.17, 15) is 8.42 Å². The first-order valence-electron chi connectivity index (χ1n) is 6.58. The van der Waals surface area contributed by atoms with Crippen molar-refractivity contribution in [2.24, 2.45) is 5.73 Å². The highest BCUT2D eigenvalue weighted by Crippen LogP contribution is 2.25. The van der Waals surface area contributed by atoms with E-state index in [0.29, 0.717) is 32.5 Å². The monoisotopic (exact) mass is 279 g/mol. The van der Waals surface area contributed by atoms with E-state index in [1.807, 2.05) is 0 Å². The minimum Gasteiger partial charge on any atom is -0.396 e. The Morgan fingerprint density at radius 3 is 2.78 bits per heavy atom. The third kappa shape index (κ3) is 3.89. The first-order valence-corrected chi connectivity index (χ1v) is 7.97. The van der Waals surface area contributed by atoms with Crippen LogP contribution in [0.15, 0.2) is 0 Å². The number of nitrogens with zero attached hydrogens (tertiary/aromatic N) is 2. The second-order valence-corrected chi connectivity index (χ2v) is 6.73. The van der Waals surface area contributed by atoms with Crippen molar-refractivity contribution in [1.29, 1.82) is 0 Å². The van der Waals surface area contributed by atoms with Gasteiger partial charge in [0.15, 0.2) is 0 Å². The molecule has 0 aromatic rings. The van der Waals surface area contributed by atoms with Crippen molar-refractivity contribution in [3.63, 3.8) is 0 Å². The van der Waals surface area contributed by atoms with Gasteiger partial charge in [0.1, 0.15) is 0 Å². The van der Waals surface area contributed by atoms with Crippen LogP contribution in [0, 0.1) is 0 Å². The number of hydrogen-bond donors (Lipinski definition) is 2. The molecule has 18 heavy (non-hydrogen) atoms. The predicted octanol–water partition coefficient (Wildman–Crippen LogP) is -0.251. The Labute approximate surface area is 110 Å². The second-order valence-electron chi connectivity index (χ2n) is 4.74. The van der Waals surface area contributed by atoms with E-state index in [0.717, 1.165) is 19.3 Å². The maximum absolute atomic E-state index is 12.4. The molecule has 0 amide bonds. The summed E-state index contributed by atoms with van der Waals surface area (Å²) in [5.74, 6) is 0. The van der Waals surface area contributed by atoms with E-state index < -0.39 is 10.2 Å². The van der Waals surface area contributed by atoms with E-state index in [1.165, 1.54) is 4.31 Å². The maximum Gasteiger partial charge on any atom is 0.281 e. The average molecular weight is 279 g/mol. The predicted molar refractivity (Wildman–Crippen MR) is 71.3 cm³/mol. The zero-order chi connectivity index (χ0) is 13.6. The summed E-state index contributed by atoms with van der Waals surface area (Å²) in [4.78, 5) is 0. The fourth-order valence-electron chi connectivity index (χ4n) is 2.34. The van der Waals surface area contributed by atoms with Crippen LogP contribution in [-0.4, -0.2) is 61.5 Å². The van der Waals surface area contributed by atoms with Crippen LogP contribution in [0.5, 0.6) is 0 Å². The Hall–Kier alpha value is -0.210. The summed E-state index contributed by atoms with van der Waals surface area (Å²) in [6, 6.07) is 0.0440. The van der Waals surface area contributed by atoms with Gasteiger partial charge in [-0.15, -0.1) is 0 Å². The number of aliphatic hydroxyl groups is 1. The molecule has 7 heteroatoms. The summed E-state index contributed by atoms with van der Waals surface area (Å²) in [6.07, 6.45) is 3.86. The fraction of sp³-hybridized carbons (Fsp3) is 1.00.